The van der Waals surface area contributed by atoms with Gasteiger partial charge in [0, 0.05) is 112 Å². The second kappa shape index (κ2) is 29.5. The van der Waals surface area contributed by atoms with Crippen LogP contribution in [0.4, 0.5) is 11.4 Å². The summed E-state index contributed by atoms with van der Waals surface area (Å²) in [6.45, 7) is 19.6. The van der Waals surface area contributed by atoms with Crippen molar-refractivity contribution in [2.75, 3.05) is 103 Å². The van der Waals surface area contributed by atoms with E-state index in [9.17, 15) is 19.2 Å². The minimum atomic E-state index is -1.09. The van der Waals surface area contributed by atoms with Crippen LogP contribution in [0, 0.1) is 5.92 Å². The Kier molecular flexibility index (Phi) is 20.3. The molecule has 4 aromatic heterocycles. The number of H-pyrrole nitrogens is 4. The van der Waals surface area contributed by atoms with Crippen LogP contribution < -0.4 is 35.6 Å². The van der Waals surface area contributed by atoms with E-state index in [1.807, 2.05) is 105 Å². The number of hydrogen-bond donors (Lipinski definition) is 7. The highest BCUT2D eigenvalue weighted by atomic mass is 16.5. The van der Waals surface area contributed by atoms with Crippen molar-refractivity contribution in [1.29, 1.82) is 0 Å². The predicted molar refractivity (Wildman–Crippen MR) is 392 cm³/mol. The highest BCUT2D eigenvalue weighted by Gasteiger charge is 2.57. The number of carbonyl (C=O) groups is 4. The largest absolute Gasteiger partial charge is 0.494 e. The molecule has 5 atom stereocenters. The number of amides is 2. The lowest BCUT2D eigenvalue weighted by molar-refractivity contribution is -0.161. The number of ether oxygens (including phenoxy) is 2. The first kappa shape index (κ1) is 68.1. The zero-order chi connectivity index (χ0) is 69.0. The first-order chi connectivity index (χ1) is 47.9. The maximum absolute atomic E-state index is 14.6. The lowest BCUT2D eigenvalue weighted by atomic mass is 9.68. The number of nitrogens with two attached hydrogens (primary N) is 1. The average Bonchev–Trinajstić information content (AvgIpc) is 1.63. The Bertz CT molecular complexity index is 4540. The third-order valence-corrected chi connectivity index (χ3v) is 21.1. The molecule has 2 amide bonds. The van der Waals surface area contributed by atoms with E-state index in [0.717, 1.165) is 148 Å². The van der Waals surface area contributed by atoms with Crippen LogP contribution in [0.3, 0.4) is 0 Å². The summed E-state index contributed by atoms with van der Waals surface area (Å²) >= 11 is 0. The van der Waals surface area contributed by atoms with Crippen LogP contribution >= 0.6 is 0 Å². The maximum atomic E-state index is 14.6. The van der Waals surface area contributed by atoms with Crippen molar-refractivity contribution in [2.45, 2.75) is 116 Å². The van der Waals surface area contributed by atoms with Gasteiger partial charge in [-0.1, -0.05) is 38.1 Å². The maximum Gasteiger partial charge on any atom is 0.234 e. The van der Waals surface area contributed by atoms with E-state index >= 15 is 0 Å². The second-order valence-electron chi connectivity index (χ2n) is 27.7. The number of hydrogen-bond acceptors (Lipinski definition) is 16. The predicted octanol–water partition coefficient (Wildman–Crippen LogP) is 10.9. The van der Waals surface area contributed by atoms with Gasteiger partial charge in [-0.2, -0.15) is 0 Å². The molecule has 3 unspecified atom stereocenters. The highest BCUT2D eigenvalue weighted by Crippen LogP contribution is 2.43. The number of nitrogens with zero attached hydrogens (tertiary/aromatic N) is 9. The number of carbonyl (C=O) groups excluding carboxylic acids is 4. The molecular weight excluding hydrogens is 1240 g/mol. The van der Waals surface area contributed by atoms with Crippen molar-refractivity contribution < 1.29 is 28.7 Å². The van der Waals surface area contributed by atoms with E-state index in [-0.39, 0.29) is 29.8 Å². The number of nitrogens with one attached hydrogen (secondary N) is 6. The monoisotopic (exact) mass is 1340 g/mol. The van der Waals surface area contributed by atoms with Gasteiger partial charge in [0.2, 0.25) is 11.8 Å². The molecule has 518 valence electrons. The third kappa shape index (κ3) is 15.0. The summed E-state index contributed by atoms with van der Waals surface area (Å²) in [6, 6.07) is 39.4. The van der Waals surface area contributed by atoms with Crippen LogP contribution in [-0.2, 0) is 19.2 Å². The second-order valence-corrected chi connectivity index (χ2v) is 27.7. The van der Waals surface area contributed by atoms with Crippen molar-refractivity contribution in [3.8, 4) is 57.1 Å². The van der Waals surface area contributed by atoms with Crippen LogP contribution in [0.25, 0.3) is 89.7 Å². The number of unbranched alkanes of at least 4 members (excludes halogenated alkanes) is 1. The van der Waals surface area contributed by atoms with Crippen molar-refractivity contribution in [1.82, 2.24) is 65.2 Å². The van der Waals surface area contributed by atoms with Gasteiger partial charge in [-0.25, -0.2) is 19.9 Å². The Hall–Kier alpha value is -9.48. The molecule has 0 spiro atoms. The number of likely N-dealkylation sites (tertiary alicyclic amines) is 1. The lowest BCUT2D eigenvalue weighted by Crippen LogP contribution is -2.74. The van der Waals surface area contributed by atoms with Crippen molar-refractivity contribution in [2.24, 2.45) is 11.7 Å². The summed E-state index contributed by atoms with van der Waals surface area (Å²) < 4.78 is 12.4. The molecule has 99 heavy (non-hydrogen) atoms. The highest BCUT2D eigenvalue weighted by molar-refractivity contribution is 5.96. The number of anilines is 2. The van der Waals surface area contributed by atoms with Gasteiger partial charge in [-0.3, -0.25) is 29.4 Å². The summed E-state index contributed by atoms with van der Waals surface area (Å²) in [6.07, 6.45) is 4.40. The van der Waals surface area contributed by atoms with Crippen molar-refractivity contribution >= 4 is 78.9 Å². The van der Waals surface area contributed by atoms with Gasteiger partial charge in [-0.15, -0.1) is 0 Å². The van der Waals surface area contributed by atoms with Gasteiger partial charge < -0.3 is 60.1 Å². The van der Waals surface area contributed by atoms with E-state index in [1.165, 1.54) is 11.4 Å². The molecule has 22 nitrogen and oxygen atoms in total. The normalized spacial score (nSPS) is 18.4. The number of aromatic nitrogens is 8. The van der Waals surface area contributed by atoms with Crippen LogP contribution in [-0.4, -0.2) is 194 Å². The first-order valence-electron chi connectivity index (χ1n) is 35.4. The number of Topliss-reactive ketones (excluding diaryl/α,β-unsaturated/α-hetero) is 2. The fourth-order valence-corrected chi connectivity index (χ4v) is 14.5. The fraction of sp³-hybridized carbons (Fsp3) is 0.429. The van der Waals surface area contributed by atoms with Crippen LogP contribution in [0.5, 0.6) is 11.5 Å². The Morgan fingerprint density at radius 3 is 1.58 bits per heavy atom. The molecule has 3 aliphatic heterocycles. The summed E-state index contributed by atoms with van der Waals surface area (Å²) in [4.78, 5) is 100. The van der Waals surface area contributed by atoms with Crippen molar-refractivity contribution in [3.63, 3.8) is 0 Å². The zero-order valence-electron chi connectivity index (χ0n) is 58.2. The number of ketones is 2. The topological polar surface area (TPSA) is 268 Å². The molecule has 10 aromatic rings. The minimum absolute atomic E-state index is 0.0753. The van der Waals surface area contributed by atoms with Gasteiger partial charge in [0.15, 0.2) is 11.6 Å². The van der Waals surface area contributed by atoms with E-state index in [0.29, 0.717) is 82.7 Å². The van der Waals surface area contributed by atoms with E-state index in [1.54, 1.807) is 0 Å². The molecule has 8 N–H and O–H groups in total. The minimum Gasteiger partial charge on any atom is -0.494 e. The number of imidazole rings is 4. The Morgan fingerprint density at radius 2 is 1.08 bits per heavy atom. The summed E-state index contributed by atoms with van der Waals surface area (Å²) in [5.74, 6) is 3.82. The molecule has 0 saturated carbocycles. The first-order valence-corrected chi connectivity index (χ1v) is 35.4. The molecule has 0 aliphatic carbocycles. The Morgan fingerprint density at radius 1 is 0.596 bits per heavy atom. The average molecular weight is 1340 g/mol. The number of likely N-dealkylation sites (N-methyl/N-ethyl adjacent to an activating group) is 2. The number of primary amides is 1. The summed E-state index contributed by atoms with van der Waals surface area (Å²) in [7, 11) is 4.33. The van der Waals surface area contributed by atoms with E-state index in [4.69, 9.17) is 35.1 Å². The van der Waals surface area contributed by atoms with Crippen molar-refractivity contribution in [3.05, 3.63) is 121 Å². The number of fused-ring (bicyclic) bond motifs is 4. The molecule has 3 fully saturated rings. The zero-order valence-corrected chi connectivity index (χ0v) is 58.2. The molecule has 6 aromatic carbocycles. The Balaban J connectivity index is 0.532. The molecule has 13 rings (SSSR count). The molecule has 22 heteroatoms. The van der Waals surface area contributed by atoms with Gasteiger partial charge in [0.25, 0.3) is 0 Å². The van der Waals surface area contributed by atoms with Crippen LogP contribution in [0.15, 0.2) is 121 Å². The van der Waals surface area contributed by atoms with Crippen LogP contribution in [0.1, 0.15) is 92.4 Å². The Labute approximate surface area is 578 Å². The molecule has 0 radical (unpaired) electrons. The standard InChI is InChI=1S/C77H94N16O6/c1-8-54-48-93(77(54,5)68(94)21-14-40-98-57-18-12-16-50(42-57)72-80-59-27-23-52(44-64(59)84-72)74-82-61-29-25-55(46-66(61)86-74)91-36-32-89(6)33-37-91)49(3)70(96)76(4,9-2)88-63(71(78)97)20-10-11-31-79-69(95)22-15-41-99-58-19-13-17-51(43-58)73-81-60-28-24-53(45-65(60)85-73)75-83-62-30-26-56(47-67(62)87-75)92-38-34-90(7)35-39-92/h12-13,16-19,23-30,42-47,49,54,63,88H,8-11,14-15,20-22,31-41,48H2,1-7H3,(H2,78,97)(H,79,95)(H,80,84)(H,81,85)(H,82,86)(H,83,87)/t49-,54?,63+,76?,77?/m0/s1. The number of piperazine rings is 2. The van der Waals surface area contributed by atoms with Gasteiger partial charge in [-0.05, 0) is 183 Å². The fourth-order valence-electron chi connectivity index (χ4n) is 14.5. The smallest absolute Gasteiger partial charge is 0.234 e. The van der Waals surface area contributed by atoms with E-state index < -0.39 is 29.1 Å². The number of rotatable bonds is 30. The van der Waals surface area contributed by atoms with Crippen LogP contribution in [0.2, 0.25) is 0 Å². The van der Waals surface area contributed by atoms with E-state index in [2.05, 4.69) is 120 Å². The lowest BCUT2D eigenvalue weighted by Gasteiger charge is -2.58. The summed E-state index contributed by atoms with van der Waals surface area (Å²) in [5.41, 5.74) is 17.5. The third-order valence-electron chi connectivity index (χ3n) is 21.1. The quantitative estimate of drug-likeness (QED) is 0.0206. The molecule has 0 bridgehead atoms. The van der Waals surface area contributed by atoms with Gasteiger partial charge in [0.05, 0.1) is 80.5 Å². The SMILES string of the molecule is CCC1CN([C@@H](C)C(=O)C(C)(CC)N[C@H](CCCCNC(=O)CCCOc2cccc(-c3nc4ccc(-c5nc6cc(N7CCN(C)CC7)ccc6[nH]5)cc4[nH]3)c2)C(N)=O)C1(C)C(=O)CCCOc1cccc(-c2nc3ccc(-c4nc5cc(N6CCN(C)CC6)ccc5[nH]4)cc3[nH]2)c1. The number of aromatic amines is 4. The molecule has 3 aliphatic rings. The number of benzene rings is 6. The van der Waals surface area contributed by atoms with Gasteiger partial charge in [0.1, 0.15) is 34.8 Å². The van der Waals surface area contributed by atoms with Gasteiger partial charge >= 0.3 is 0 Å². The summed E-state index contributed by atoms with van der Waals surface area (Å²) in [5, 5.41) is 6.36. The molecular formula is C77H94N16O6. The molecule has 7 heterocycles. The molecule has 3 saturated heterocycles.